The van der Waals surface area contributed by atoms with Gasteiger partial charge in [-0.15, -0.1) is 0 Å². The monoisotopic (exact) mass is 329 g/mol. The van der Waals surface area contributed by atoms with Crippen LogP contribution in [0.4, 0.5) is 0 Å². The highest BCUT2D eigenvalue weighted by atomic mass is 32.2. The van der Waals surface area contributed by atoms with Gasteiger partial charge in [0.05, 0.1) is 4.90 Å². The summed E-state index contributed by atoms with van der Waals surface area (Å²) in [6.45, 7) is 0.582. The molecule has 0 atom stereocenters. The second-order valence-electron chi connectivity index (χ2n) is 5.95. The molecule has 0 saturated heterocycles. The van der Waals surface area contributed by atoms with Crippen LogP contribution in [0, 0.1) is 0 Å². The lowest BCUT2D eigenvalue weighted by Crippen LogP contribution is -2.32. The van der Waals surface area contributed by atoms with Gasteiger partial charge in [0.1, 0.15) is 0 Å². The van der Waals surface area contributed by atoms with Crippen molar-refractivity contribution < 1.29 is 13.2 Å². The minimum Gasteiger partial charge on any atom is -0.331 e. The van der Waals surface area contributed by atoms with Gasteiger partial charge in [-0.25, -0.2) is 8.42 Å². The van der Waals surface area contributed by atoms with Crippen LogP contribution in [0.15, 0.2) is 59.5 Å². The summed E-state index contributed by atoms with van der Waals surface area (Å²) < 4.78 is 23.0. The minimum atomic E-state index is -3.24. The molecule has 0 radical (unpaired) electrons. The Bertz CT molecular complexity index is 794. The van der Waals surface area contributed by atoms with Crippen LogP contribution in [-0.2, 0) is 16.4 Å². The standard InChI is InChI=1S/C18H19NO3S/c1-23(21,22)17-11-7-15(8-12-17)18(20)19(16-9-10-16)13-14-5-3-2-4-6-14/h2-8,11-12,16H,9-10,13H2,1H3. The Hall–Kier alpha value is -2.14. The Morgan fingerprint density at radius 3 is 2.17 bits per heavy atom. The van der Waals surface area contributed by atoms with Crippen LogP contribution in [0.1, 0.15) is 28.8 Å². The van der Waals surface area contributed by atoms with E-state index in [0.717, 1.165) is 24.7 Å². The van der Waals surface area contributed by atoms with Gasteiger partial charge >= 0.3 is 0 Å². The number of carbonyl (C=O) groups excluding carboxylic acids is 1. The van der Waals surface area contributed by atoms with E-state index in [2.05, 4.69) is 0 Å². The molecule has 2 aromatic rings. The van der Waals surface area contributed by atoms with Gasteiger partial charge in [-0.2, -0.15) is 0 Å². The lowest BCUT2D eigenvalue weighted by molar-refractivity contribution is 0.0730. The molecule has 1 amide bonds. The summed E-state index contributed by atoms with van der Waals surface area (Å²) in [5.41, 5.74) is 1.63. The summed E-state index contributed by atoms with van der Waals surface area (Å²) in [6, 6.07) is 16.4. The first-order chi connectivity index (χ1) is 10.9. The van der Waals surface area contributed by atoms with E-state index in [1.807, 2.05) is 35.2 Å². The molecule has 1 aliphatic carbocycles. The smallest absolute Gasteiger partial charge is 0.254 e. The molecular weight excluding hydrogens is 310 g/mol. The molecule has 0 aliphatic heterocycles. The molecule has 120 valence electrons. The van der Waals surface area contributed by atoms with Crippen molar-refractivity contribution in [2.24, 2.45) is 0 Å². The van der Waals surface area contributed by atoms with Gasteiger partial charge < -0.3 is 4.90 Å². The number of nitrogens with zero attached hydrogens (tertiary/aromatic N) is 1. The number of sulfone groups is 1. The number of rotatable bonds is 5. The molecule has 1 aliphatic rings. The van der Waals surface area contributed by atoms with Crippen LogP contribution in [0.2, 0.25) is 0 Å². The van der Waals surface area contributed by atoms with Gasteiger partial charge in [0.2, 0.25) is 0 Å². The average Bonchev–Trinajstić information content (AvgIpc) is 3.37. The second kappa shape index (κ2) is 6.16. The third kappa shape index (κ3) is 3.79. The fraction of sp³-hybridized carbons (Fsp3) is 0.278. The van der Waals surface area contributed by atoms with Crippen molar-refractivity contribution in [3.05, 3.63) is 65.7 Å². The summed E-state index contributed by atoms with van der Waals surface area (Å²) in [6.07, 6.45) is 3.22. The molecule has 0 N–H and O–H groups in total. The summed E-state index contributed by atoms with van der Waals surface area (Å²) in [7, 11) is -3.24. The molecular formula is C18H19NO3S. The van der Waals surface area contributed by atoms with Crippen molar-refractivity contribution in [2.45, 2.75) is 30.3 Å². The van der Waals surface area contributed by atoms with E-state index in [4.69, 9.17) is 0 Å². The van der Waals surface area contributed by atoms with Gasteiger partial charge in [0, 0.05) is 24.4 Å². The molecule has 5 heteroatoms. The number of hydrogen-bond donors (Lipinski definition) is 0. The van der Waals surface area contributed by atoms with Crippen LogP contribution < -0.4 is 0 Å². The zero-order valence-corrected chi connectivity index (χ0v) is 13.8. The van der Waals surface area contributed by atoms with Gasteiger partial charge in [0.25, 0.3) is 5.91 Å². The normalized spacial score (nSPS) is 14.5. The Morgan fingerprint density at radius 1 is 1.04 bits per heavy atom. The van der Waals surface area contributed by atoms with E-state index in [0.29, 0.717) is 12.1 Å². The molecule has 0 bridgehead atoms. The second-order valence-corrected chi connectivity index (χ2v) is 7.96. The summed E-state index contributed by atoms with van der Waals surface area (Å²) >= 11 is 0. The van der Waals surface area contributed by atoms with Gasteiger partial charge in [-0.3, -0.25) is 4.79 Å². The van der Waals surface area contributed by atoms with E-state index in [1.54, 1.807) is 12.1 Å². The van der Waals surface area contributed by atoms with Crippen molar-refractivity contribution in [3.8, 4) is 0 Å². The lowest BCUT2D eigenvalue weighted by Gasteiger charge is -2.22. The molecule has 2 aromatic carbocycles. The van der Waals surface area contributed by atoms with Crippen LogP contribution in [0.5, 0.6) is 0 Å². The zero-order valence-electron chi connectivity index (χ0n) is 13.0. The number of hydrogen-bond acceptors (Lipinski definition) is 3. The molecule has 0 heterocycles. The molecule has 1 fully saturated rings. The molecule has 0 unspecified atom stereocenters. The summed E-state index contributed by atoms with van der Waals surface area (Å²) in [5.74, 6) is -0.0450. The predicted octanol–water partition coefficient (Wildman–Crippen LogP) is 2.89. The highest BCUT2D eigenvalue weighted by molar-refractivity contribution is 7.90. The number of carbonyl (C=O) groups is 1. The highest BCUT2D eigenvalue weighted by Crippen LogP contribution is 2.30. The van der Waals surface area contributed by atoms with Crippen LogP contribution in [0.25, 0.3) is 0 Å². The molecule has 23 heavy (non-hydrogen) atoms. The van der Waals surface area contributed by atoms with Crippen LogP contribution in [-0.4, -0.2) is 31.5 Å². The largest absolute Gasteiger partial charge is 0.331 e. The van der Waals surface area contributed by atoms with E-state index in [-0.39, 0.29) is 16.8 Å². The fourth-order valence-electron chi connectivity index (χ4n) is 2.54. The Kier molecular flexibility index (Phi) is 4.22. The van der Waals surface area contributed by atoms with Crippen LogP contribution in [0.3, 0.4) is 0 Å². The number of amides is 1. The van der Waals surface area contributed by atoms with Crippen molar-refractivity contribution in [3.63, 3.8) is 0 Å². The van der Waals surface area contributed by atoms with E-state index in [1.165, 1.54) is 12.1 Å². The zero-order chi connectivity index (χ0) is 16.4. The maximum Gasteiger partial charge on any atom is 0.254 e. The first kappa shape index (κ1) is 15.7. The molecule has 4 nitrogen and oxygen atoms in total. The van der Waals surface area contributed by atoms with E-state index >= 15 is 0 Å². The lowest BCUT2D eigenvalue weighted by atomic mass is 10.1. The van der Waals surface area contributed by atoms with Crippen molar-refractivity contribution >= 4 is 15.7 Å². The summed E-state index contributed by atoms with van der Waals surface area (Å²) in [4.78, 5) is 14.9. The quantitative estimate of drug-likeness (QED) is 0.847. The van der Waals surface area contributed by atoms with E-state index in [9.17, 15) is 13.2 Å². The van der Waals surface area contributed by atoms with Gasteiger partial charge in [-0.1, -0.05) is 30.3 Å². The maximum absolute atomic E-state index is 12.8. The molecule has 0 aromatic heterocycles. The van der Waals surface area contributed by atoms with Gasteiger partial charge in [-0.05, 0) is 42.7 Å². The molecule has 3 rings (SSSR count). The first-order valence-electron chi connectivity index (χ1n) is 7.60. The minimum absolute atomic E-state index is 0.0450. The van der Waals surface area contributed by atoms with E-state index < -0.39 is 9.84 Å². The maximum atomic E-state index is 12.8. The Morgan fingerprint density at radius 2 is 1.65 bits per heavy atom. The third-order valence-electron chi connectivity index (χ3n) is 3.97. The van der Waals surface area contributed by atoms with Crippen molar-refractivity contribution in [1.82, 2.24) is 4.90 Å². The topological polar surface area (TPSA) is 54.5 Å². The van der Waals surface area contributed by atoms with Gasteiger partial charge in [0.15, 0.2) is 9.84 Å². The summed E-state index contributed by atoms with van der Waals surface area (Å²) in [5, 5.41) is 0. The average molecular weight is 329 g/mol. The van der Waals surface area contributed by atoms with Crippen molar-refractivity contribution in [2.75, 3.05) is 6.26 Å². The van der Waals surface area contributed by atoms with Crippen LogP contribution >= 0.6 is 0 Å². The SMILES string of the molecule is CS(=O)(=O)c1ccc(C(=O)N(Cc2ccccc2)C2CC2)cc1. The number of benzene rings is 2. The predicted molar refractivity (Wildman–Crippen MR) is 88.9 cm³/mol. The molecule has 1 saturated carbocycles. The molecule has 0 spiro atoms. The van der Waals surface area contributed by atoms with Crippen molar-refractivity contribution in [1.29, 1.82) is 0 Å². The Labute approximate surface area is 136 Å². The highest BCUT2D eigenvalue weighted by Gasteiger charge is 2.33. The third-order valence-corrected chi connectivity index (χ3v) is 5.10. The fourth-order valence-corrected chi connectivity index (χ4v) is 3.17. The first-order valence-corrected chi connectivity index (χ1v) is 9.49. The Balaban J connectivity index is 1.81.